The minimum Gasteiger partial charge on any atom is -0.466 e. The molecular weight excluding hydrogens is 388 g/mol. The zero-order valence-corrected chi connectivity index (χ0v) is 15.9. The number of hydrogen-bond acceptors (Lipinski definition) is 8. The molecule has 1 aliphatic heterocycles. The van der Waals surface area contributed by atoms with Gasteiger partial charge in [0.05, 0.1) is 38.3 Å². The maximum absolute atomic E-state index is 12.5. The van der Waals surface area contributed by atoms with Gasteiger partial charge in [0, 0.05) is 11.2 Å². The fraction of sp³-hybridized carbons (Fsp3) is 0.211. The monoisotopic (exact) mass is 404 g/mol. The fourth-order valence-electron chi connectivity index (χ4n) is 2.66. The number of rotatable bonds is 5. The molecule has 0 spiro atoms. The first kappa shape index (κ1) is 19.7. The SMILES string of the molecule is COC(=O)C1=C(C(=O)OC)N(c2cc(Cl)ccc2Oc2cccnc2)COC1. The normalized spacial score (nSPS) is 13.9. The second-order valence-electron chi connectivity index (χ2n) is 5.62. The van der Waals surface area contributed by atoms with Crippen LogP contribution in [0.3, 0.4) is 0 Å². The second-order valence-corrected chi connectivity index (χ2v) is 6.06. The molecular formula is C19H17ClN2O6. The molecule has 0 atom stereocenters. The van der Waals surface area contributed by atoms with E-state index >= 15 is 0 Å². The zero-order chi connectivity index (χ0) is 20.1. The Morgan fingerprint density at radius 3 is 2.64 bits per heavy atom. The highest BCUT2D eigenvalue weighted by Crippen LogP contribution is 2.38. The van der Waals surface area contributed by atoms with Gasteiger partial charge in [-0.15, -0.1) is 0 Å². The Morgan fingerprint density at radius 1 is 1.18 bits per heavy atom. The van der Waals surface area contributed by atoms with Crippen LogP contribution in [-0.4, -0.2) is 44.5 Å². The summed E-state index contributed by atoms with van der Waals surface area (Å²) in [6.45, 7) is -0.109. The van der Waals surface area contributed by atoms with Gasteiger partial charge >= 0.3 is 11.9 Å². The molecule has 1 aliphatic rings. The number of anilines is 1. The minimum absolute atomic E-state index is 0.00102. The molecule has 8 nitrogen and oxygen atoms in total. The molecule has 0 bridgehead atoms. The van der Waals surface area contributed by atoms with Crippen molar-refractivity contribution in [1.29, 1.82) is 0 Å². The van der Waals surface area contributed by atoms with Crippen LogP contribution >= 0.6 is 11.6 Å². The summed E-state index contributed by atoms with van der Waals surface area (Å²) in [5.41, 5.74) is 0.449. The molecule has 0 saturated carbocycles. The molecule has 28 heavy (non-hydrogen) atoms. The highest BCUT2D eigenvalue weighted by Gasteiger charge is 2.33. The Bertz CT molecular complexity index is 916. The van der Waals surface area contributed by atoms with E-state index in [0.29, 0.717) is 22.2 Å². The molecule has 0 saturated heterocycles. The van der Waals surface area contributed by atoms with Crippen molar-refractivity contribution >= 4 is 29.2 Å². The van der Waals surface area contributed by atoms with E-state index < -0.39 is 11.9 Å². The van der Waals surface area contributed by atoms with Crippen molar-refractivity contribution in [3.05, 3.63) is 59.0 Å². The summed E-state index contributed by atoms with van der Waals surface area (Å²) in [6, 6.07) is 8.34. The Labute approximate surface area is 166 Å². The third-order valence-electron chi connectivity index (χ3n) is 3.91. The highest BCUT2D eigenvalue weighted by molar-refractivity contribution is 6.31. The van der Waals surface area contributed by atoms with E-state index in [1.165, 1.54) is 19.1 Å². The van der Waals surface area contributed by atoms with Crippen LogP contribution < -0.4 is 9.64 Å². The van der Waals surface area contributed by atoms with Gasteiger partial charge in [0.2, 0.25) is 0 Å². The number of hydrogen-bond donors (Lipinski definition) is 0. The number of aromatic nitrogens is 1. The predicted octanol–water partition coefficient (Wildman–Crippen LogP) is 2.92. The number of pyridine rings is 1. The Balaban J connectivity index is 2.11. The largest absolute Gasteiger partial charge is 0.466 e. The third kappa shape index (κ3) is 4.08. The summed E-state index contributed by atoms with van der Waals surface area (Å²) < 4.78 is 21.0. The van der Waals surface area contributed by atoms with Gasteiger partial charge in [-0.2, -0.15) is 0 Å². The lowest BCUT2D eigenvalue weighted by atomic mass is 10.1. The fourth-order valence-corrected chi connectivity index (χ4v) is 2.82. The molecule has 0 unspecified atom stereocenters. The van der Waals surface area contributed by atoms with E-state index in [2.05, 4.69) is 4.98 Å². The summed E-state index contributed by atoms with van der Waals surface area (Å²) in [7, 11) is 2.45. The molecule has 0 aliphatic carbocycles. The molecule has 0 fully saturated rings. The van der Waals surface area contributed by atoms with Crippen molar-refractivity contribution in [2.45, 2.75) is 0 Å². The van der Waals surface area contributed by atoms with Gasteiger partial charge in [0.15, 0.2) is 5.75 Å². The topological polar surface area (TPSA) is 87.2 Å². The maximum Gasteiger partial charge on any atom is 0.355 e. The van der Waals surface area contributed by atoms with Crippen molar-refractivity contribution in [1.82, 2.24) is 4.98 Å². The van der Waals surface area contributed by atoms with Crippen molar-refractivity contribution in [3.63, 3.8) is 0 Å². The van der Waals surface area contributed by atoms with Crippen molar-refractivity contribution < 1.29 is 28.5 Å². The van der Waals surface area contributed by atoms with Crippen LogP contribution in [0, 0.1) is 0 Å². The Kier molecular flexibility index (Phi) is 6.13. The van der Waals surface area contributed by atoms with Crippen molar-refractivity contribution in [2.75, 3.05) is 32.5 Å². The van der Waals surface area contributed by atoms with Crippen molar-refractivity contribution in [2.24, 2.45) is 0 Å². The van der Waals surface area contributed by atoms with Gasteiger partial charge in [-0.05, 0) is 30.3 Å². The summed E-state index contributed by atoms with van der Waals surface area (Å²) in [6.07, 6.45) is 3.16. The van der Waals surface area contributed by atoms with Crippen LogP contribution in [0.5, 0.6) is 11.5 Å². The smallest absolute Gasteiger partial charge is 0.355 e. The maximum atomic E-state index is 12.5. The molecule has 1 aromatic carbocycles. The van der Waals surface area contributed by atoms with Crippen LogP contribution in [0.4, 0.5) is 5.69 Å². The standard InChI is InChI=1S/C19H17ClN2O6/c1-25-18(23)14-10-27-11-22(17(14)19(24)26-2)15-8-12(20)5-6-16(15)28-13-4-3-7-21-9-13/h3-9H,10-11H2,1-2H3. The summed E-state index contributed by atoms with van der Waals surface area (Å²) in [5, 5.41) is 0.406. The zero-order valence-electron chi connectivity index (χ0n) is 15.2. The molecule has 0 N–H and O–H groups in total. The van der Waals surface area contributed by atoms with E-state index in [-0.39, 0.29) is 24.6 Å². The number of esters is 2. The average molecular weight is 405 g/mol. The first-order valence-corrected chi connectivity index (χ1v) is 8.55. The molecule has 9 heteroatoms. The first-order chi connectivity index (χ1) is 13.5. The Morgan fingerprint density at radius 2 is 1.96 bits per heavy atom. The molecule has 1 aromatic heterocycles. The van der Waals surface area contributed by atoms with Crippen LogP contribution in [0.25, 0.3) is 0 Å². The quantitative estimate of drug-likeness (QED) is 0.703. The third-order valence-corrected chi connectivity index (χ3v) is 4.14. The summed E-state index contributed by atoms with van der Waals surface area (Å²) >= 11 is 6.17. The van der Waals surface area contributed by atoms with E-state index in [0.717, 1.165) is 0 Å². The molecule has 2 heterocycles. The molecule has 0 radical (unpaired) electrons. The van der Waals surface area contributed by atoms with Crippen LogP contribution in [0.1, 0.15) is 0 Å². The van der Waals surface area contributed by atoms with Crippen LogP contribution in [0.2, 0.25) is 5.02 Å². The molecule has 0 amide bonds. The van der Waals surface area contributed by atoms with Gasteiger partial charge in [-0.25, -0.2) is 9.59 Å². The van der Waals surface area contributed by atoms with E-state index in [9.17, 15) is 9.59 Å². The number of benzene rings is 1. The van der Waals surface area contributed by atoms with E-state index in [1.54, 1.807) is 42.7 Å². The number of nitrogens with zero attached hydrogens (tertiary/aromatic N) is 2. The Hall–Kier alpha value is -3.10. The van der Waals surface area contributed by atoms with Crippen molar-refractivity contribution in [3.8, 4) is 11.5 Å². The van der Waals surface area contributed by atoms with E-state index in [1.807, 2.05) is 0 Å². The lowest BCUT2D eigenvalue weighted by Crippen LogP contribution is -2.39. The molecule has 2 aromatic rings. The number of ether oxygens (including phenoxy) is 4. The van der Waals surface area contributed by atoms with Gasteiger partial charge < -0.3 is 23.8 Å². The van der Waals surface area contributed by atoms with Crippen LogP contribution in [0.15, 0.2) is 54.0 Å². The summed E-state index contributed by atoms with van der Waals surface area (Å²) in [5.74, 6) is -0.535. The second kappa shape index (κ2) is 8.73. The number of methoxy groups -OCH3 is 2. The van der Waals surface area contributed by atoms with Gasteiger partial charge in [-0.3, -0.25) is 4.98 Å². The molecule has 3 rings (SSSR count). The minimum atomic E-state index is -0.712. The first-order valence-electron chi connectivity index (χ1n) is 8.17. The predicted molar refractivity (Wildman–Crippen MR) is 100 cm³/mol. The highest BCUT2D eigenvalue weighted by atomic mass is 35.5. The van der Waals surface area contributed by atoms with Crippen LogP contribution in [-0.2, 0) is 23.8 Å². The average Bonchev–Trinajstić information content (AvgIpc) is 2.74. The number of carbonyl (C=O) groups is 2. The van der Waals surface area contributed by atoms with E-state index in [4.69, 9.17) is 30.5 Å². The number of halogens is 1. The summed E-state index contributed by atoms with van der Waals surface area (Å²) in [4.78, 5) is 30.1. The lowest BCUT2D eigenvalue weighted by Gasteiger charge is -2.32. The lowest BCUT2D eigenvalue weighted by molar-refractivity contribution is -0.140. The van der Waals surface area contributed by atoms with Gasteiger partial charge in [0.1, 0.15) is 18.2 Å². The molecule has 146 valence electrons. The number of carbonyl (C=O) groups excluding carboxylic acids is 2. The van der Waals surface area contributed by atoms with Gasteiger partial charge in [-0.1, -0.05) is 11.6 Å². The van der Waals surface area contributed by atoms with Gasteiger partial charge in [0.25, 0.3) is 0 Å².